The number of ether oxygens (including phenoxy) is 1. The van der Waals surface area contributed by atoms with E-state index >= 15 is 0 Å². The molecule has 3 rings (SSSR count). The summed E-state index contributed by atoms with van der Waals surface area (Å²) in [5.74, 6) is 0.460. The van der Waals surface area contributed by atoms with Crippen LogP contribution in [0.15, 0.2) is 42.7 Å². The van der Waals surface area contributed by atoms with E-state index in [0.717, 1.165) is 17.5 Å². The smallest absolute Gasteiger partial charge is 0.379 e. The van der Waals surface area contributed by atoms with E-state index in [1.807, 2.05) is 0 Å². The first-order valence-corrected chi connectivity index (χ1v) is 10.0. The van der Waals surface area contributed by atoms with Crippen molar-refractivity contribution in [2.75, 3.05) is 0 Å². The lowest BCUT2D eigenvalue weighted by Crippen LogP contribution is -2.13. The van der Waals surface area contributed by atoms with Crippen LogP contribution in [0.5, 0.6) is 5.75 Å². The molecule has 29 heavy (non-hydrogen) atoms. The van der Waals surface area contributed by atoms with Crippen molar-refractivity contribution < 1.29 is 14.6 Å². The Morgan fingerprint density at radius 2 is 1.41 bits per heavy atom. The molecule has 1 heterocycles. The van der Waals surface area contributed by atoms with Gasteiger partial charge in [-0.05, 0) is 53.5 Å². The van der Waals surface area contributed by atoms with Gasteiger partial charge in [-0.2, -0.15) is 0 Å². The predicted octanol–water partition coefficient (Wildman–Crippen LogP) is 6.25. The summed E-state index contributed by atoms with van der Waals surface area (Å²) in [5.41, 5.74) is 7.21. The topological polar surface area (TPSA) is 49.8 Å². The Balaban J connectivity index is 0.000000521. The average molecular weight is 395 g/mol. The van der Waals surface area contributed by atoms with Crippen LogP contribution in [0.2, 0.25) is 0 Å². The predicted molar refractivity (Wildman–Crippen MR) is 119 cm³/mol. The summed E-state index contributed by atoms with van der Waals surface area (Å²) in [6, 6.07) is 11.0. The van der Waals surface area contributed by atoms with E-state index in [0.29, 0.717) is 5.75 Å². The first-order chi connectivity index (χ1) is 13.2. The summed E-state index contributed by atoms with van der Waals surface area (Å²) < 4.78 is 4.08. The molecule has 0 saturated carbocycles. The zero-order valence-corrected chi connectivity index (χ0v) is 19.1. The van der Waals surface area contributed by atoms with Crippen molar-refractivity contribution >= 4 is 5.97 Å². The quantitative estimate of drug-likeness (QED) is 0.484. The van der Waals surface area contributed by atoms with E-state index in [2.05, 4.69) is 97.0 Å². The van der Waals surface area contributed by atoms with E-state index in [9.17, 15) is 9.90 Å². The minimum absolute atomic E-state index is 0.0615. The minimum Gasteiger partial charge on any atom is -0.507 e. The lowest BCUT2D eigenvalue weighted by Gasteiger charge is -2.24. The molecule has 1 saturated heterocycles. The van der Waals surface area contributed by atoms with Crippen LogP contribution >= 0.6 is 0 Å². The van der Waals surface area contributed by atoms with Gasteiger partial charge in [-0.3, -0.25) is 0 Å². The van der Waals surface area contributed by atoms with Crippen molar-refractivity contribution in [3.05, 3.63) is 76.1 Å². The third-order valence-corrected chi connectivity index (χ3v) is 4.94. The molecule has 0 bridgehead atoms. The minimum atomic E-state index is -0.273. The fraction of sp³-hybridized carbons (Fsp3) is 0.423. The molecule has 2 aromatic rings. The summed E-state index contributed by atoms with van der Waals surface area (Å²) in [6.07, 6.45) is 0.765. The van der Waals surface area contributed by atoms with E-state index < -0.39 is 0 Å². The lowest BCUT2D eigenvalue weighted by atomic mass is 9.82. The van der Waals surface area contributed by atoms with Gasteiger partial charge in [0.05, 0.1) is 0 Å². The number of hydrogen-bond donors (Lipinski definition) is 1. The Morgan fingerprint density at radius 1 is 0.897 bits per heavy atom. The largest absolute Gasteiger partial charge is 0.507 e. The molecule has 2 aromatic carbocycles. The molecule has 1 aliphatic rings. The van der Waals surface area contributed by atoms with Crippen LogP contribution in [0, 0.1) is 13.8 Å². The average Bonchev–Trinajstić information content (AvgIpc) is 3.21. The van der Waals surface area contributed by atoms with Crippen molar-refractivity contribution in [3.63, 3.8) is 0 Å². The molecule has 1 aliphatic heterocycles. The van der Waals surface area contributed by atoms with E-state index in [4.69, 9.17) is 0 Å². The molecule has 3 nitrogen and oxygen atoms in total. The molecule has 0 amide bonds. The summed E-state index contributed by atoms with van der Waals surface area (Å²) in [6.45, 7) is 20.6. The van der Waals surface area contributed by atoms with Crippen molar-refractivity contribution in [1.82, 2.24) is 0 Å². The number of benzene rings is 2. The van der Waals surface area contributed by atoms with Crippen LogP contribution in [0.1, 0.15) is 74.9 Å². The highest BCUT2D eigenvalue weighted by Crippen LogP contribution is 2.36. The number of aryl methyl sites for hydroxylation is 2. The van der Waals surface area contributed by atoms with Gasteiger partial charge in [-0.1, -0.05) is 83.0 Å². The van der Waals surface area contributed by atoms with Crippen LogP contribution in [0.25, 0.3) is 0 Å². The van der Waals surface area contributed by atoms with Gasteiger partial charge >= 0.3 is 5.97 Å². The maximum atomic E-state index is 10.8. The highest BCUT2D eigenvalue weighted by atomic mass is 16.6. The van der Waals surface area contributed by atoms with E-state index in [-0.39, 0.29) is 22.6 Å². The van der Waals surface area contributed by atoms with Gasteiger partial charge in [-0.15, -0.1) is 0 Å². The maximum Gasteiger partial charge on any atom is 0.379 e. The molecule has 3 heteroatoms. The fourth-order valence-corrected chi connectivity index (χ4v) is 3.26. The number of rotatable bonds is 2. The normalized spacial score (nSPS) is 13.5. The Bertz CT molecular complexity index is 926. The second kappa shape index (κ2) is 8.06. The Kier molecular flexibility index (Phi) is 6.32. The number of epoxide rings is 1. The van der Waals surface area contributed by atoms with Crippen molar-refractivity contribution in [1.29, 1.82) is 0 Å². The molecule has 0 aliphatic carbocycles. The number of hydrogen-bond acceptors (Lipinski definition) is 3. The van der Waals surface area contributed by atoms with Gasteiger partial charge < -0.3 is 9.84 Å². The van der Waals surface area contributed by atoms with Gasteiger partial charge in [-0.25, -0.2) is 4.79 Å². The van der Waals surface area contributed by atoms with E-state index in [1.165, 1.54) is 22.3 Å². The molecule has 0 spiro atoms. The zero-order chi connectivity index (χ0) is 22.1. The number of carbonyl (C=O) groups excluding carboxylic acids is 1. The SMILES string of the molecule is C=C1OC1=O.Cc1cc(Cc2cc(C)cc(C(C)(C)C)c2O)cc(C(C)(C)C)c1. The summed E-state index contributed by atoms with van der Waals surface area (Å²) >= 11 is 0. The molecule has 0 radical (unpaired) electrons. The van der Waals surface area contributed by atoms with Gasteiger partial charge in [0.15, 0.2) is 0 Å². The Hall–Kier alpha value is -2.55. The first kappa shape index (κ1) is 22.7. The molecule has 0 unspecified atom stereocenters. The molecule has 0 atom stereocenters. The van der Waals surface area contributed by atoms with E-state index in [1.54, 1.807) is 0 Å². The van der Waals surface area contributed by atoms with Crippen LogP contribution in [0.4, 0.5) is 0 Å². The third-order valence-electron chi connectivity index (χ3n) is 4.94. The fourth-order valence-electron chi connectivity index (χ4n) is 3.26. The lowest BCUT2D eigenvalue weighted by molar-refractivity contribution is -0.117. The summed E-state index contributed by atoms with van der Waals surface area (Å²) in [5, 5.41) is 10.8. The van der Waals surface area contributed by atoms with Gasteiger partial charge in [0.25, 0.3) is 0 Å². The van der Waals surface area contributed by atoms with Crippen LogP contribution in [-0.2, 0) is 26.8 Å². The molecule has 156 valence electrons. The first-order valence-electron chi connectivity index (χ1n) is 10.0. The van der Waals surface area contributed by atoms with Crippen LogP contribution in [0.3, 0.4) is 0 Å². The second-order valence-electron chi connectivity index (χ2n) is 10.0. The summed E-state index contributed by atoms with van der Waals surface area (Å²) in [4.78, 5) is 9.56. The van der Waals surface area contributed by atoms with Crippen molar-refractivity contribution in [2.24, 2.45) is 0 Å². The Morgan fingerprint density at radius 3 is 1.86 bits per heavy atom. The maximum absolute atomic E-state index is 10.8. The standard InChI is InChI=1S/C23H32O.C3H2O2/c1-15-9-17(14-19(11-15)22(3,4)5)13-18-10-16(2)12-20(21(18)24)23(6,7)8;1-2-3(4)5-2/h9-12,14,24H,13H2,1-8H3;1H2. The number of cyclic esters (lactones) is 1. The van der Waals surface area contributed by atoms with Crippen LogP contribution < -0.4 is 0 Å². The highest BCUT2D eigenvalue weighted by molar-refractivity contribution is 5.99. The third kappa shape index (κ3) is 6.22. The number of phenols is 1. The van der Waals surface area contributed by atoms with Crippen molar-refractivity contribution in [2.45, 2.75) is 72.6 Å². The molecule has 1 fully saturated rings. The Labute approximate surface area is 175 Å². The molecule has 1 N–H and O–H groups in total. The molecular formula is C26H34O3. The van der Waals surface area contributed by atoms with Crippen molar-refractivity contribution in [3.8, 4) is 5.75 Å². The van der Waals surface area contributed by atoms with Crippen LogP contribution in [-0.4, -0.2) is 11.1 Å². The van der Waals surface area contributed by atoms with Gasteiger partial charge in [0.2, 0.25) is 5.76 Å². The summed E-state index contributed by atoms with van der Waals surface area (Å²) in [7, 11) is 0. The molecule has 0 aromatic heterocycles. The van der Waals surface area contributed by atoms with Gasteiger partial charge in [0.1, 0.15) is 5.75 Å². The zero-order valence-electron chi connectivity index (χ0n) is 19.1. The highest BCUT2D eigenvalue weighted by Gasteiger charge is 2.26. The number of aromatic hydroxyl groups is 1. The van der Waals surface area contributed by atoms with Gasteiger partial charge in [0, 0.05) is 6.42 Å². The second-order valence-corrected chi connectivity index (χ2v) is 10.0. The number of phenolic OH excluding ortho intramolecular Hbond substituents is 1. The molecular weight excluding hydrogens is 360 g/mol. The number of carbonyl (C=O) groups is 1. The monoisotopic (exact) mass is 394 g/mol.